The molecule has 17 heavy (non-hydrogen) atoms. The molecule has 2 rings (SSSR count). The van der Waals surface area contributed by atoms with Crippen LogP contribution in [0.25, 0.3) is 0 Å². The smallest absolute Gasteiger partial charge is 0.0453 e. The van der Waals surface area contributed by atoms with E-state index in [2.05, 4.69) is 42.3 Å². The fourth-order valence-electron chi connectivity index (χ4n) is 2.16. The number of hydrogen-bond donors (Lipinski definition) is 1. The van der Waals surface area contributed by atoms with Crippen molar-refractivity contribution in [2.24, 2.45) is 0 Å². The Kier molecular flexibility index (Phi) is 4.43. The van der Waals surface area contributed by atoms with Gasteiger partial charge in [0.1, 0.15) is 0 Å². The van der Waals surface area contributed by atoms with Crippen molar-refractivity contribution in [3.05, 3.63) is 34.3 Å². The molecule has 1 aromatic carbocycles. The summed E-state index contributed by atoms with van der Waals surface area (Å²) in [4.78, 5) is 2.45. The molecule has 1 aliphatic heterocycles. The summed E-state index contributed by atoms with van der Waals surface area (Å²) in [7, 11) is 0. The second-order valence-electron chi connectivity index (χ2n) is 5.03. The number of halogens is 1. The summed E-state index contributed by atoms with van der Waals surface area (Å²) in [5.41, 5.74) is 2.57. The van der Waals surface area contributed by atoms with Crippen LogP contribution in [0.2, 0.25) is 5.02 Å². The van der Waals surface area contributed by atoms with E-state index in [1.807, 2.05) is 0 Å². The average molecular weight is 253 g/mol. The molecule has 1 heterocycles. The number of benzene rings is 1. The lowest BCUT2D eigenvalue weighted by molar-refractivity contribution is 0.233. The third-order valence-corrected chi connectivity index (χ3v) is 3.70. The van der Waals surface area contributed by atoms with Crippen LogP contribution in [-0.4, -0.2) is 31.1 Å². The minimum atomic E-state index is 0.542. The molecule has 0 aromatic heterocycles. The lowest BCUT2D eigenvalue weighted by Crippen LogP contribution is -2.42. The zero-order valence-corrected chi connectivity index (χ0v) is 11.4. The fraction of sp³-hybridized carbons (Fsp3) is 0.571. The van der Waals surface area contributed by atoms with Crippen molar-refractivity contribution in [3.63, 3.8) is 0 Å². The van der Waals surface area contributed by atoms with Crippen LogP contribution in [0.15, 0.2) is 18.2 Å². The zero-order valence-electron chi connectivity index (χ0n) is 10.7. The summed E-state index contributed by atoms with van der Waals surface area (Å²) >= 11 is 6.35. The molecule has 3 heteroatoms. The summed E-state index contributed by atoms with van der Waals surface area (Å²) in [6.45, 7) is 9.76. The van der Waals surface area contributed by atoms with Gasteiger partial charge in [-0.3, -0.25) is 4.90 Å². The molecule has 0 atom stereocenters. The zero-order chi connectivity index (χ0) is 12.3. The first-order valence-corrected chi connectivity index (χ1v) is 6.76. The predicted molar refractivity (Wildman–Crippen MR) is 73.7 cm³/mol. The van der Waals surface area contributed by atoms with Gasteiger partial charge in [-0.15, -0.1) is 0 Å². The molecule has 0 unspecified atom stereocenters. The van der Waals surface area contributed by atoms with Gasteiger partial charge in [0, 0.05) is 37.7 Å². The third kappa shape index (κ3) is 3.44. The number of nitrogens with zero attached hydrogens (tertiary/aromatic N) is 1. The maximum absolute atomic E-state index is 6.35. The van der Waals surface area contributed by atoms with E-state index in [1.54, 1.807) is 0 Å². The standard InChI is InChI=1S/C14H21ClN2/c1-11(2)12-3-4-13(14(15)9-12)10-17-7-5-16-6-8-17/h3-4,9,11,16H,5-8,10H2,1-2H3. The summed E-state index contributed by atoms with van der Waals surface area (Å²) < 4.78 is 0. The maximum atomic E-state index is 6.35. The van der Waals surface area contributed by atoms with Gasteiger partial charge in [0.15, 0.2) is 0 Å². The van der Waals surface area contributed by atoms with Gasteiger partial charge in [0.25, 0.3) is 0 Å². The molecule has 94 valence electrons. The highest BCUT2D eigenvalue weighted by molar-refractivity contribution is 6.31. The second kappa shape index (κ2) is 5.85. The molecular weight excluding hydrogens is 232 g/mol. The van der Waals surface area contributed by atoms with E-state index in [-0.39, 0.29) is 0 Å². The Morgan fingerprint density at radius 2 is 2.00 bits per heavy atom. The molecule has 0 spiro atoms. The molecule has 1 aliphatic rings. The van der Waals surface area contributed by atoms with Crippen LogP contribution < -0.4 is 5.32 Å². The molecule has 0 bridgehead atoms. The highest BCUT2D eigenvalue weighted by Crippen LogP contribution is 2.23. The first-order valence-electron chi connectivity index (χ1n) is 6.38. The number of hydrogen-bond acceptors (Lipinski definition) is 2. The van der Waals surface area contributed by atoms with E-state index in [9.17, 15) is 0 Å². The fourth-order valence-corrected chi connectivity index (χ4v) is 2.41. The lowest BCUT2D eigenvalue weighted by Gasteiger charge is -2.27. The first kappa shape index (κ1) is 12.9. The molecular formula is C14H21ClN2. The number of rotatable bonds is 3. The van der Waals surface area contributed by atoms with Crippen molar-refractivity contribution < 1.29 is 0 Å². The van der Waals surface area contributed by atoms with Gasteiger partial charge in [-0.1, -0.05) is 37.6 Å². The molecule has 0 aliphatic carbocycles. The van der Waals surface area contributed by atoms with Crippen molar-refractivity contribution >= 4 is 11.6 Å². The molecule has 1 N–H and O–H groups in total. The third-order valence-electron chi connectivity index (χ3n) is 3.35. The van der Waals surface area contributed by atoms with Gasteiger partial charge in [-0.25, -0.2) is 0 Å². The van der Waals surface area contributed by atoms with Gasteiger partial charge < -0.3 is 5.32 Å². The molecule has 1 saturated heterocycles. The highest BCUT2D eigenvalue weighted by atomic mass is 35.5. The van der Waals surface area contributed by atoms with Crippen LogP contribution >= 0.6 is 11.6 Å². The van der Waals surface area contributed by atoms with E-state index in [4.69, 9.17) is 11.6 Å². The minimum Gasteiger partial charge on any atom is -0.314 e. The number of nitrogens with one attached hydrogen (secondary N) is 1. The second-order valence-corrected chi connectivity index (χ2v) is 5.44. The van der Waals surface area contributed by atoms with Crippen LogP contribution in [0, 0.1) is 0 Å². The van der Waals surface area contributed by atoms with Crippen LogP contribution in [0.1, 0.15) is 30.9 Å². The summed E-state index contributed by atoms with van der Waals surface area (Å²) in [5, 5.41) is 4.28. The Balaban J connectivity index is 2.05. The summed E-state index contributed by atoms with van der Waals surface area (Å²) in [6.07, 6.45) is 0. The van der Waals surface area contributed by atoms with Gasteiger partial charge in [-0.05, 0) is 23.1 Å². The molecule has 1 fully saturated rings. The Labute approximate surface area is 109 Å². The van der Waals surface area contributed by atoms with Crippen LogP contribution in [0.3, 0.4) is 0 Å². The van der Waals surface area contributed by atoms with E-state index in [1.165, 1.54) is 11.1 Å². The topological polar surface area (TPSA) is 15.3 Å². The molecule has 2 nitrogen and oxygen atoms in total. The summed E-state index contributed by atoms with van der Waals surface area (Å²) in [5.74, 6) is 0.542. The molecule has 0 radical (unpaired) electrons. The van der Waals surface area contributed by atoms with E-state index in [0.717, 1.165) is 37.7 Å². The van der Waals surface area contributed by atoms with Gasteiger partial charge in [-0.2, -0.15) is 0 Å². The Bertz CT molecular complexity index is 370. The van der Waals surface area contributed by atoms with Crippen molar-refractivity contribution in [3.8, 4) is 0 Å². The van der Waals surface area contributed by atoms with Crippen molar-refractivity contribution in [2.45, 2.75) is 26.3 Å². The van der Waals surface area contributed by atoms with E-state index >= 15 is 0 Å². The van der Waals surface area contributed by atoms with Crippen molar-refractivity contribution in [1.29, 1.82) is 0 Å². The van der Waals surface area contributed by atoms with Gasteiger partial charge in [0.05, 0.1) is 0 Å². The van der Waals surface area contributed by atoms with E-state index < -0.39 is 0 Å². The normalized spacial score (nSPS) is 17.6. The highest BCUT2D eigenvalue weighted by Gasteiger charge is 2.12. The minimum absolute atomic E-state index is 0.542. The van der Waals surface area contributed by atoms with Crippen LogP contribution in [0.5, 0.6) is 0 Å². The van der Waals surface area contributed by atoms with Gasteiger partial charge in [0.2, 0.25) is 0 Å². The molecule has 0 saturated carbocycles. The lowest BCUT2D eigenvalue weighted by atomic mass is 10.0. The van der Waals surface area contributed by atoms with Crippen LogP contribution in [-0.2, 0) is 6.54 Å². The van der Waals surface area contributed by atoms with Crippen molar-refractivity contribution in [2.75, 3.05) is 26.2 Å². The molecule has 0 amide bonds. The largest absolute Gasteiger partial charge is 0.314 e. The Hall–Kier alpha value is -0.570. The summed E-state index contributed by atoms with van der Waals surface area (Å²) in [6, 6.07) is 6.50. The van der Waals surface area contributed by atoms with Gasteiger partial charge >= 0.3 is 0 Å². The molecule has 1 aromatic rings. The van der Waals surface area contributed by atoms with E-state index in [0.29, 0.717) is 5.92 Å². The number of piperazine rings is 1. The Morgan fingerprint density at radius 3 is 2.59 bits per heavy atom. The quantitative estimate of drug-likeness (QED) is 0.890. The van der Waals surface area contributed by atoms with Crippen molar-refractivity contribution in [1.82, 2.24) is 10.2 Å². The Morgan fingerprint density at radius 1 is 1.29 bits per heavy atom. The predicted octanol–water partition coefficient (Wildman–Crippen LogP) is 2.87. The average Bonchev–Trinajstić information content (AvgIpc) is 2.33. The maximum Gasteiger partial charge on any atom is 0.0453 e. The SMILES string of the molecule is CC(C)c1ccc(CN2CCNCC2)c(Cl)c1. The van der Waals surface area contributed by atoms with Crippen LogP contribution in [0.4, 0.5) is 0 Å². The monoisotopic (exact) mass is 252 g/mol. The first-order chi connectivity index (χ1) is 8.16.